The molecule has 5 aromatic rings. The molecule has 1 fully saturated rings. The molecule has 6 rings (SSSR count). The summed E-state index contributed by atoms with van der Waals surface area (Å²) in [6.45, 7) is 3.31. The minimum atomic E-state index is -0.640. The van der Waals surface area contributed by atoms with Crippen LogP contribution in [-0.4, -0.2) is 51.4 Å². The number of benzene rings is 2. The predicted molar refractivity (Wildman–Crippen MR) is 148 cm³/mol. The molecule has 1 aliphatic rings. The summed E-state index contributed by atoms with van der Waals surface area (Å²) in [6.07, 6.45) is 9.33. The Morgan fingerprint density at radius 2 is 1.77 bits per heavy atom. The molecule has 0 unspecified atom stereocenters. The third-order valence-electron chi connectivity index (χ3n) is 7.40. The first-order chi connectivity index (χ1) is 19.0. The van der Waals surface area contributed by atoms with E-state index in [0.717, 1.165) is 41.8 Å². The van der Waals surface area contributed by atoms with Crippen LogP contribution in [0.25, 0.3) is 27.7 Å². The van der Waals surface area contributed by atoms with Crippen LogP contribution in [0.3, 0.4) is 0 Å². The van der Waals surface area contributed by atoms with Gasteiger partial charge in [-0.2, -0.15) is 0 Å². The lowest BCUT2D eigenvalue weighted by Crippen LogP contribution is -2.37. The van der Waals surface area contributed by atoms with Crippen LogP contribution in [0.4, 0.5) is 8.78 Å². The zero-order valence-corrected chi connectivity index (χ0v) is 21.5. The molecule has 0 radical (unpaired) electrons. The number of rotatable bonds is 7. The zero-order valence-electron chi connectivity index (χ0n) is 21.5. The molecule has 8 heteroatoms. The summed E-state index contributed by atoms with van der Waals surface area (Å²) in [4.78, 5) is 23.6. The number of imidazole rings is 1. The zero-order chi connectivity index (χ0) is 26.8. The van der Waals surface area contributed by atoms with Gasteiger partial charge in [0.2, 0.25) is 0 Å². The molecule has 1 N–H and O–H groups in total. The standard InChI is InChI=1S/C31H29F2N5O/c32-27-17-22(7-8-26(27)31(39)35-11-14-37-12-2-1-3-13-37)24-18-28(33)30-36-19-25(38(30)20-24)16-21-6-9-29-23(15-21)5-4-10-34-29/h4-10,15,17-20H,1-3,11-14,16H2,(H,35,39). The maximum absolute atomic E-state index is 15.0. The third kappa shape index (κ3) is 5.38. The highest BCUT2D eigenvalue weighted by Crippen LogP contribution is 2.26. The molecule has 1 saturated heterocycles. The predicted octanol–water partition coefficient (Wildman–Crippen LogP) is 5.63. The minimum Gasteiger partial charge on any atom is -0.351 e. The highest BCUT2D eigenvalue weighted by molar-refractivity contribution is 5.95. The first-order valence-corrected chi connectivity index (χ1v) is 13.3. The van der Waals surface area contributed by atoms with Crippen molar-refractivity contribution < 1.29 is 13.6 Å². The first-order valence-electron chi connectivity index (χ1n) is 13.3. The lowest BCUT2D eigenvalue weighted by molar-refractivity contribution is 0.0942. The summed E-state index contributed by atoms with van der Waals surface area (Å²) in [7, 11) is 0. The fourth-order valence-electron chi connectivity index (χ4n) is 5.31. The van der Waals surface area contributed by atoms with Crippen LogP contribution in [0.5, 0.6) is 0 Å². The van der Waals surface area contributed by atoms with Gasteiger partial charge < -0.3 is 14.6 Å². The van der Waals surface area contributed by atoms with Gasteiger partial charge in [-0.25, -0.2) is 13.8 Å². The Kier molecular flexibility index (Phi) is 7.02. The molecular weight excluding hydrogens is 496 g/mol. The SMILES string of the molecule is O=C(NCCN1CCCCC1)c1ccc(-c2cc(F)c3ncc(Cc4ccc5ncccc5c4)n3c2)cc1F. The number of halogens is 2. The van der Waals surface area contributed by atoms with E-state index in [0.29, 0.717) is 24.1 Å². The Hall–Kier alpha value is -4.17. The van der Waals surface area contributed by atoms with Crippen molar-refractivity contribution in [3.8, 4) is 11.1 Å². The minimum absolute atomic E-state index is 0.0203. The van der Waals surface area contributed by atoms with Crippen molar-refractivity contribution in [2.24, 2.45) is 0 Å². The number of carbonyl (C=O) groups excluding carboxylic acids is 1. The van der Waals surface area contributed by atoms with E-state index < -0.39 is 17.5 Å². The molecule has 0 spiro atoms. The highest BCUT2D eigenvalue weighted by Gasteiger charge is 2.16. The van der Waals surface area contributed by atoms with E-state index in [1.807, 2.05) is 24.3 Å². The van der Waals surface area contributed by atoms with Gasteiger partial charge in [0.15, 0.2) is 11.5 Å². The summed E-state index contributed by atoms with van der Waals surface area (Å²) in [5.74, 6) is -1.58. The second-order valence-electron chi connectivity index (χ2n) is 10.1. The molecule has 0 saturated carbocycles. The number of pyridine rings is 2. The number of nitrogens with zero attached hydrogens (tertiary/aromatic N) is 4. The van der Waals surface area contributed by atoms with Crippen LogP contribution in [0.2, 0.25) is 0 Å². The average molecular weight is 526 g/mol. The molecule has 39 heavy (non-hydrogen) atoms. The molecule has 1 aliphatic heterocycles. The fourth-order valence-corrected chi connectivity index (χ4v) is 5.31. The summed E-state index contributed by atoms with van der Waals surface area (Å²) >= 11 is 0. The van der Waals surface area contributed by atoms with Crippen molar-refractivity contribution in [2.75, 3.05) is 26.2 Å². The van der Waals surface area contributed by atoms with Gasteiger partial charge in [-0.05, 0) is 73.5 Å². The largest absolute Gasteiger partial charge is 0.351 e. The number of likely N-dealkylation sites (tertiary alicyclic amines) is 1. The van der Waals surface area contributed by atoms with Crippen molar-refractivity contribution in [1.29, 1.82) is 0 Å². The number of carbonyl (C=O) groups is 1. The molecular formula is C31H29F2N5O. The van der Waals surface area contributed by atoms with Gasteiger partial charge in [0.05, 0.1) is 11.1 Å². The first kappa shape index (κ1) is 25.1. The number of nitrogens with one attached hydrogen (secondary N) is 1. The van der Waals surface area contributed by atoms with Crippen molar-refractivity contribution in [3.63, 3.8) is 0 Å². The van der Waals surface area contributed by atoms with Crippen LogP contribution in [0, 0.1) is 11.6 Å². The van der Waals surface area contributed by atoms with Crippen molar-refractivity contribution in [3.05, 3.63) is 102 Å². The lowest BCUT2D eigenvalue weighted by Gasteiger charge is -2.26. The number of hydrogen-bond acceptors (Lipinski definition) is 4. The number of aromatic nitrogens is 3. The van der Waals surface area contributed by atoms with Crippen LogP contribution in [0.1, 0.15) is 40.9 Å². The monoisotopic (exact) mass is 525 g/mol. The summed E-state index contributed by atoms with van der Waals surface area (Å²) in [5.41, 5.74) is 3.93. The van der Waals surface area contributed by atoms with Crippen LogP contribution in [-0.2, 0) is 6.42 Å². The quantitative estimate of drug-likeness (QED) is 0.299. The van der Waals surface area contributed by atoms with Crippen LogP contribution >= 0.6 is 0 Å². The summed E-state index contributed by atoms with van der Waals surface area (Å²) in [5, 5.41) is 3.85. The van der Waals surface area contributed by atoms with E-state index in [4.69, 9.17) is 0 Å². The van der Waals surface area contributed by atoms with E-state index in [2.05, 4.69) is 26.3 Å². The number of amides is 1. The third-order valence-corrected chi connectivity index (χ3v) is 7.40. The second-order valence-corrected chi connectivity index (χ2v) is 10.1. The van der Waals surface area contributed by atoms with Crippen LogP contribution < -0.4 is 5.32 Å². The van der Waals surface area contributed by atoms with E-state index in [-0.39, 0.29) is 11.2 Å². The van der Waals surface area contributed by atoms with Gasteiger partial charge in [0.1, 0.15) is 5.82 Å². The molecule has 6 nitrogen and oxygen atoms in total. The Bertz CT molecular complexity index is 1660. The van der Waals surface area contributed by atoms with Gasteiger partial charge in [0.25, 0.3) is 5.91 Å². The Morgan fingerprint density at radius 3 is 2.62 bits per heavy atom. The van der Waals surface area contributed by atoms with Gasteiger partial charge in [-0.1, -0.05) is 24.6 Å². The molecule has 2 aromatic carbocycles. The van der Waals surface area contributed by atoms with Gasteiger partial charge in [-0.3, -0.25) is 9.78 Å². The smallest absolute Gasteiger partial charge is 0.254 e. The topological polar surface area (TPSA) is 62.5 Å². The Labute approximate surface area is 225 Å². The van der Waals surface area contributed by atoms with E-state index >= 15 is 8.78 Å². The highest BCUT2D eigenvalue weighted by atomic mass is 19.1. The summed E-state index contributed by atoms with van der Waals surface area (Å²) < 4.78 is 31.8. The molecule has 0 atom stereocenters. The van der Waals surface area contributed by atoms with Gasteiger partial charge >= 0.3 is 0 Å². The maximum Gasteiger partial charge on any atom is 0.254 e. The van der Waals surface area contributed by atoms with Crippen molar-refractivity contribution in [2.45, 2.75) is 25.7 Å². The number of piperidine rings is 1. The van der Waals surface area contributed by atoms with Gasteiger partial charge in [-0.15, -0.1) is 0 Å². The molecule has 4 heterocycles. The average Bonchev–Trinajstić information content (AvgIpc) is 3.36. The second kappa shape index (κ2) is 10.9. The van der Waals surface area contributed by atoms with E-state index in [9.17, 15) is 4.79 Å². The molecule has 198 valence electrons. The summed E-state index contributed by atoms with van der Waals surface area (Å²) in [6, 6.07) is 15.7. The molecule has 0 aliphatic carbocycles. The number of fused-ring (bicyclic) bond motifs is 2. The normalized spacial score (nSPS) is 14.2. The maximum atomic E-state index is 15.0. The fraction of sp³-hybridized carbons (Fsp3) is 0.258. The van der Waals surface area contributed by atoms with Crippen molar-refractivity contribution >= 4 is 22.5 Å². The molecule has 0 bridgehead atoms. The Morgan fingerprint density at radius 1 is 0.923 bits per heavy atom. The van der Waals surface area contributed by atoms with E-state index in [1.165, 1.54) is 37.5 Å². The van der Waals surface area contributed by atoms with Crippen LogP contribution in [0.15, 0.2) is 73.2 Å². The number of hydrogen-bond donors (Lipinski definition) is 1. The molecule has 1 amide bonds. The van der Waals surface area contributed by atoms with E-state index in [1.54, 1.807) is 29.1 Å². The lowest BCUT2D eigenvalue weighted by atomic mass is 10.0. The van der Waals surface area contributed by atoms with Gasteiger partial charge in [0, 0.05) is 54.7 Å². The molecule has 3 aromatic heterocycles. The Balaban J connectivity index is 1.21. The van der Waals surface area contributed by atoms with Crippen molar-refractivity contribution in [1.82, 2.24) is 24.6 Å².